The van der Waals surface area contributed by atoms with Gasteiger partial charge in [0.25, 0.3) is 0 Å². The van der Waals surface area contributed by atoms with Gasteiger partial charge in [0.05, 0.1) is 6.42 Å². The molecule has 0 radical (unpaired) electrons. The zero-order chi connectivity index (χ0) is 11.2. The maximum Gasteiger partial charge on any atom is 0.390 e. The Labute approximate surface area is 81.8 Å². The lowest BCUT2D eigenvalue weighted by molar-refractivity contribution is -0.144. The molecule has 0 aliphatic carbocycles. The van der Waals surface area contributed by atoms with Gasteiger partial charge in [0.1, 0.15) is 0 Å². The number of hydrogen-bond acceptors (Lipinski definition) is 3. The van der Waals surface area contributed by atoms with E-state index < -0.39 is 18.9 Å². The summed E-state index contributed by atoms with van der Waals surface area (Å²) in [5.74, 6) is 0. The number of nitrogens with zero attached hydrogens (tertiary/aromatic N) is 1. The Morgan fingerprint density at radius 1 is 1.21 bits per heavy atom. The van der Waals surface area contributed by atoms with Gasteiger partial charge >= 0.3 is 6.18 Å². The molecule has 0 bridgehead atoms. The number of halogens is 3. The van der Waals surface area contributed by atoms with Crippen LogP contribution < -0.4 is 0 Å². The summed E-state index contributed by atoms with van der Waals surface area (Å²) in [6.45, 7) is 0.274. The van der Waals surface area contributed by atoms with Gasteiger partial charge in [0.2, 0.25) is 0 Å². The van der Waals surface area contributed by atoms with Crippen LogP contribution in [0.4, 0.5) is 13.2 Å². The zero-order valence-corrected chi connectivity index (χ0v) is 8.60. The lowest BCUT2D eigenvalue weighted by Gasteiger charge is -2.22. The molecule has 0 aromatic carbocycles. The van der Waals surface area contributed by atoms with E-state index >= 15 is 0 Å². The van der Waals surface area contributed by atoms with E-state index in [0.717, 1.165) is 0 Å². The van der Waals surface area contributed by atoms with E-state index in [0.29, 0.717) is 6.54 Å². The molecule has 0 N–H and O–H groups in total. The highest BCUT2D eigenvalue weighted by Crippen LogP contribution is 2.19. The lowest BCUT2D eigenvalue weighted by Crippen LogP contribution is -2.33. The van der Waals surface area contributed by atoms with Crippen LogP contribution in [0, 0.1) is 0 Å². The molecule has 0 aliphatic heterocycles. The molecule has 0 aliphatic rings. The molecule has 0 amide bonds. The number of likely N-dealkylation sites (N-methyl/N-ethyl adjacent to an activating group) is 1. The summed E-state index contributed by atoms with van der Waals surface area (Å²) in [4.78, 5) is 1.52. The average Bonchev–Trinajstić information content (AvgIpc) is 2.09. The highest BCUT2D eigenvalue weighted by molar-refractivity contribution is 4.58. The average molecular weight is 215 g/mol. The monoisotopic (exact) mass is 215 g/mol. The van der Waals surface area contributed by atoms with Crippen LogP contribution in [-0.4, -0.2) is 51.7 Å². The molecule has 0 atom stereocenters. The first-order valence-electron chi connectivity index (χ1n) is 4.20. The quantitative estimate of drug-likeness (QED) is 0.626. The van der Waals surface area contributed by atoms with Gasteiger partial charge < -0.3 is 14.4 Å². The first kappa shape index (κ1) is 13.7. The van der Waals surface area contributed by atoms with Crippen LogP contribution in [0.3, 0.4) is 0 Å². The van der Waals surface area contributed by atoms with E-state index in [1.54, 1.807) is 7.05 Å². The summed E-state index contributed by atoms with van der Waals surface area (Å²) in [6.07, 6.45) is -5.40. The maximum absolute atomic E-state index is 11.8. The van der Waals surface area contributed by atoms with E-state index in [1.807, 2.05) is 0 Å². The van der Waals surface area contributed by atoms with Crippen LogP contribution in [0.5, 0.6) is 0 Å². The second kappa shape index (κ2) is 6.21. The smallest absolute Gasteiger partial charge is 0.355 e. The molecule has 86 valence electrons. The third-order valence-electron chi connectivity index (χ3n) is 1.76. The number of methoxy groups -OCH3 is 2. The fourth-order valence-electron chi connectivity index (χ4n) is 0.909. The molecular formula is C8H16F3NO2. The van der Waals surface area contributed by atoms with E-state index in [4.69, 9.17) is 9.47 Å². The SMILES string of the molecule is COC(CN(C)CCC(F)(F)F)OC. The second-order valence-electron chi connectivity index (χ2n) is 3.03. The summed E-state index contributed by atoms with van der Waals surface area (Å²) in [7, 11) is 4.49. The summed E-state index contributed by atoms with van der Waals surface area (Å²) in [6, 6.07) is 0. The van der Waals surface area contributed by atoms with Crippen LogP contribution in [0.25, 0.3) is 0 Å². The highest BCUT2D eigenvalue weighted by Gasteiger charge is 2.27. The van der Waals surface area contributed by atoms with Gasteiger partial charge in [0.15, 0.2) is 6.29 Å². The summed E-state index contributed by atoms with van der Waals surface area (Å²) in [5, 5.41) is 0. The Hall–Kier alpha value is -0.330. The fourth-order valence-corrected chi connectivity index (χ4v) is 0.909. The second-order valence-corrected chi connectivity index (χ2v) is 3.03. The van der Waals surface area contributed by atoms with E-state index in [-0.39, 0.29) is 6.54 Å². The Morgan fingerprint density at radius 2 is 1.71 bits per heavy atom. The van der Waals surface area contributed by atoms with Crippen LogP contribution in [-0.2, 0) is 9.47 Å². The van der Waals surface area contributed by atoms with Crippen molar-refractivity contribution in [1.82, 2.24) is 4.90 Å². The fraction of sp³-hybridized carbons (Fsp3) is 1.00. The van der Waals surface area contributed by atoms with Crippen molar-refractivity contribution in [2.45, 2.75) is 18.9 Å². The van der Waals surface area contributed by atoms with Crippen molar-refractivity contribution in [3.05, 3.63) is 0 Å². The van der Waals surface area contributed by atoms with Gasteiger partial charge in [-0.2, -0.15) is 13.2 Å². The molecule has 0 spiro atoms. The molecule has 0 aromatic rings. The van der Waals surface area contributed by atoms with Crippen molar-refractivity contribution in [2.24, 2.45) is 0 Å². The molecule has 0 unspecified atom stereocenters. The van der Waals surface area contributed by atoms with Crippen molar-refractivity contribution in [3.63, 3.8) is 0 Å². The molecule has 0 aromatic heterocycles. The Morgan fingerprint density at radius 3 is 2.07 bits per heavy atom. The van der Waals surface area contributed by atoms with Crippen molar-refractivity contribution < 1.29 is 22.6 Å². The summed E-state index contributed by atoms with van der Waals surface area (Å²) < 4.78 is 45.2. The van der Waals surface area contributed by atoms with Crippen LogP contribution >= 0.6 is 0 Å². The Balaban J connectivity index is 3.69. The molecule has 3 nitrogen and oxygen atoms in total. The van der Waals surface area contributed by atoms with Gasteiger partial charge in [-0.15, -0.1) is 0 Å². The molecule has 6 heteroatoms. The predicted octanol–water partition coefficient (Wildman–Crippen LogP) is 1.49. The zero-order valence-electron chi connectivity index (χ0n) is 8.60. The molecule has 0 rings (SSSR count). The van der Waals surface area contributed by atoms with Gasteiger partial charge in [-0.1, -0.05) is 0 Å². The van der Waals surface area contributed by atoms with Crippen molar-refractivity contribution in [2.75, 3.05) is 34.4 Å². The minimum Gasteiger partial charge on any atom is -0.355 e. The third kappa shape index (κ3) is 7.11. The van der Waals surface area contributed by atoms with Crippen molar-refractivity contribution in [1.29, 1.82) is 0 Å². The van der Waals surface area contributed by atoms with E-state index in [1.165, 1.54) is 19.1 Å². The molecule has 0 heterocycles. The number of rotatable bonds is 6. The topological polar surface area (TPSA) is 21.7 Å². The molecule has 0 saturated carbocycles. The summed E-state index contributed by atoms with van der Waals surface area (Å²) in [5.41, 5.74) is 0. The minimum absolute atomic E-state index is 0.0489. The van der Waals surface area contributed by atoms with Gasteiger partial charge in [-0.3, -0.25) is 0 Å². The van der Waals surface area contributed by atoms with Crippen molar-refractivity contribution >= 4 is 0 Å². The van der Waals surface area contributed by atoms with Crippen molar-refractivity contribution in [3.8, 4) is 0 Å². The number of hydrogen-bond donors (Lipinski definition) is 0. The van der Waals surface area contributed by atoms with Gasteiger partial charge in [-0.25, -0.2) is 0 Å². The molecule has 0 saturated heterocycles. The first-order valence-corrected chi connectivity index (χ1v) is 4.20. The van der Waals surface area contributed by atoms with E-state index in [9.17, 15) is 13.2 Å². The Bertz CT molecular complexity index is 148. The molecule has 0 fully saturated rings. The highest BCUT2D eigenvalue weighted by atomic mass is 19.4. The van der Waals surface area contributed by atoms with Crippen LogP contribution in [0.2, 0.25) is 0 Å². The standard InChI is InChI=1S/C8H16F3NO2/c1-12(5-4-8(9,10)11)6-7(13-2)14-3/h7H,4-6H2,1-3H3. The van der Waals surface area contributed by atoms with Crippen LogP contribution in [0.15, 0.2) is 0 Å². The molecule has 14 heavy (non-hydrogen) atoms. The largest absolute Gasteiger partial charge is 0.390 e. The number of alkyl halides is 3. The normalized spacial score (nSPS) is 12.9. The van der Waals surface area contributed by atoms with Gasteiger partial charge in [0, 0.05) is 27.3 Å². The minimum atomic E-state index is -4.11. The first-order chi connectivity index (χ1) is 6.39. The lowest BCUT2D eigenvalue weighted by atomic mass is 10.4. The van der Waals surface area contributed by atoms with Crippen LogP contribution in [0.1, 0.15) is 6.42 Å². The molecular weight excluding hydrogens is 199 g/mol. The number of ether oxygens (including phenoxy) is 2. The third-order valence-corrected chi connectivity index (χ3v) is 1.76. The summed E-state index contributed by atoms with van der Waals surface area (Å²) >= 11 is 0. The Kier molecular flexibility index (Phi) is 6.06. The van der Waals surface area contributed by atoms with Gasteiger partial charge in [-0.05, 0) is 7.05 Å². The maximum atomic E-state index is 11.8. The van der Waals surface area contributed by atoms with E-state index in [2.05, 4.69) is 0 Å². The predicted molar refractivity (Wildman–Crippen MR) is 46.0 cm³/mol.